The van der Waals surface area contributed by atoms with Crippen molar-refractivity contribution in [3.8, 4) is 0 Å². The second-order valence-electron chi connectivity index (χ2n) is 11.1. The molecule has 2 amide bonds. The number of fused-ring (bicyclic) bond motifs is 4. The Balaban J connectivity index is 1.57. The second-order valence-corrected chi connectivity index (χ2v) is 13.8. The van der Waals surface area contributed by atoms with Crippen LogP contribution in [0, 0.1) is 11.3 Å². The Labute approximate surface area is 252 Å². The molecule has 3 aliphatic heterocycles. The van der Waals surface area contributed by atoms with Gasteiger partial charge in [-0.3, -0.25) is 13.9 Å². The van der Waals surface area contributed by atoms with Crippen molar-refractivity contribution >= 4 is 50.7 Å². The number of halogens is 2. The topological polar surface area (TPSA) is 98.8 Å². The summed E-state index contributed by atoms with van der Waals surface area (Å²) in [5.74, 6) is 0.0543. The average Bonchev–Trinajstić information content (AvgIpc) is 2.97. The van der Waals surface area contributed by atoms with E-state index in [0.29, 0.717) is 44.6 Å². The summed E-state index contributed by atoms with van der Waals surface area (Å²) in [4.78, 5) is 28.7. The fourth-order valence-electron chi connectivity index (χ4n) is 6.09. The molecule has 0 aliphatic carbocycles. The molecule has 41 heavy (non-hydrogen) atoms. The monoisotopic (exact) mass is 618 g/mol. The minimum Gasteiger partial charge on any atom is -0.356 e. The van der Waals surface area contributed by atoms with Crippen LogP contribution >= 0.6 is 23.2 Å². The number of allylic oxidation sites excluding steroid dienone is 1. The number of benzene rings is 2. The van der Waals surface area contributed by atoms with Gasteiger partial charge >= 0.3 is 0 Å². The number of carbonyl (C=O) groups excluding carboxylic acids is 2. The first-order valence-electron chi connectivity index (χ1n) is 14.2. The fraction of sp³-hybridized carbons (Fsp3) is 0.467. The number of hydrogen-bond acceptors (Lipinski definition) is 5. The van der Waals surface area contributed by atoms with Crippen LogP contribution in [0.3, 0.4) is 0 Å². The Morgan fingerprint density at radius 1 is 0.927 bits per heavy atom. The van der Waals surface area contributed by atoms with Gasteiger partial charge in [-0.15, -0.1) is 0 Å². The Morgan fingerprint density at radius 3 is 2.49 bits per heavy atom. The maximum atomic E-state index is 14.2. The smallest absolute Gasteiger partial charge is 0.266 e. The fourth-order valence-corrected chi connectivity index (χ4v) is 8.31. The van der Waals surface area contributed by atoms with Gasteiger partial charge in [0.05, 0.1) is 27.7 Å². The van der Waals surface area contributed by atoms with Crippen LogP contribution in [-0.2, 0) is 14.8 Å². The Bertz CT molecular complexity index is 1430. The van der Waals surface area contributed by atoms with Crippen molar-refractivity contribution in [3.63, 3.8) is 0 Å². The molecule has 0 radical (unpaired) electrons. The van der Waals surface area contributed by atoms with Crippen LogP contribution in [0.4, 0.5) is 5.69 Å². The number of nitrogens with one attached hydrogen (secondary N) is 2. The number of sulfonamides is 1. The van der Waals surface area contributed by atoms with E-state index in [1.165, 1.54) is 16.4 Å². The van der Waals surface area contributed by atoms with Gasteiger partial charge in [-0.1, -0.05) is 47.5 Å². The van der Waals surface area contributed by atoms with E-state index in [9.17, 15) is 18.0 Å². The highest BCUT2D eigenvalue weighted by Crippen LogP contribution is 2.36. The van der Waals surface area contributed by atoms with Crippen molar-refractivity contribution in [2.45, 2.75) is 43.4 Å². The zero-order valence-electron chi connectivity index (χ0n) is 23.0. The van der Waals surface area contributed by atoms with Crippen molar-refractivity contribution in [1.82, 2.24) is 15.5 Å². The molecule has 1 unspecified atom stereocenters. The number of anilines is 1. The molecule has 0 saturated carbocycles. The lowest BCUT2D eigenvalue weighted by Gasteiger charge is -2.36. The predicted molar refractivity (Wildman–Crippen MR) is 162 cm³/mol. The van der Waals surface area contributed by atoms with Gasteiger partial charge in [0.1, 0.15) is 4.90 Å². The summed E-state index contributed by atoms with van der Waals surface area (Å²) in [6, 6.07) is 11.1. The SMILES string of the molecule is O=C1c2ccc(Cl)c(c2)S(=O)(=O)N(c2ccccc2Cl)C/C=C/CC2(CCNCC2)C(=O)NCCC2CCCN1C2. The Morgan fingerprint density at radius 2 is 1.71 bits per heavy atom. The number of piperidine rings is 2. The molecule has 11 heteroatoms. The quantitative estimate of drug-likeness (QED) is 0.444. The first-order valence-corrected chi connectivity index (χ1v) is 16.4. The summed E-state index contributed by atoms with van der Waals surface area (Å²) in [7, 11) is -4.23. The van der Waals surface area contributed by atoms with Crippen molar-refractivity contribution in [3.05, 3.63) is 70.2 Å². The minimum atomic E-state index is -4.23. The van der Waals surface area contributed by atoms with Gasteiger partial charge in [0.2, 0.25) is 5.91 Å². The van der Waals surface area contributed by atoms with Crippen molar-refractivity contribution in [1.29, 1.82) is 0 Å². The van der Waals surface area contributed by atoms with E-state index < -0.39 is 15.4 Å². The highest BCUT2D eigenvalue weighted by Gasteiger charge is 2.38. The lowest BCUT2D eigenvalue weighted by molar-refractivity contribution is -0.132. The standard InChI is InChI=1S/C30H36Cl2N4O4S/c31-24-7-1-2-8-26(24)36-19-4-3-12-30(13-16-33-17-14-30)29(38)34-15-11-22-6-5-18-35(21-22)28(37)23-9-10-25(32)27(20-23)41(36,39)40/h1-4,7-10,20,22,33H,5-6,11-19,21H2,(H,34,38)/b4-3+. The van der Waals surface area contributed by atoms with Crippen LogP contribution in [0.15, 0.2) is 59.5 Å². The zero-order valence-corrected chi connectivity index (χ0v) is 25.3. The number of amides is 2. The first-order chi connectivity index (χ1) is 19.7. The normalized spacial score (nSPS) is 24.3. The van der Waals surface area contributed by atoms with E-state index in [1.54, 1.807) is 41.3 Å². The van der Waals surface area contributed by atoms with E-state index in [0.717, 1.165) is 32.4 Å². The molecule has 3 heterocycles. The molecule has 1 spiro atoms. The zero-order chi connectivity index (χ0) is 29.0. The van der Waals surface area contributed by atoms with E-state index >= 15 is 0 Å². The Kier molecular flexibility index (Phi) is 9.28. The van der Waals surface area contributed by atoms with Gasteiger partial charge < -0.3 is 15.5 Å². The molecule has 8 nitrogen and oxygen atoms in total. The summed E-state index contributed by atoms with van der Waals surface area (Å²) >= 11 is 13.0. The van der Waals surface area contributed by atoms with Crippen LogP contribution in [0.25, 0.3) is 0 Å². The van der Waals surface area contributed by atoms with E-state index in [1.807, 2.05) is 6.08 Å². The van der Waals surface area contributed by atoms with Gasteiger partial charge in [-0.25, -0.2) is 8.42 Å². The molecule has 0 aromatic heterocycles. The van der Waals surface area contributed by atoms with Crippen molar-refractivity contribution in [2.75, 3.05) is 43.6 Å². The average molecular weight is 620 g/mol. The summed E-state index contributed by atoms with van der Waals surface area (Å²) in [6.45, 7) is 3.19. The molecule has 2 saturated heterocycles. The molecule has 220 valence electrons. The van der Waals surface area contributed by atoms with Gasteiger partial charge in [0.15, 0.2) is 0 Å². The van der Waals surface area contributed by atoms with Crippen molar-refractivity contribution in [2.24, 2.45) is 11.3 Å². The number of hydrogen-bond donors (Lipinski definition) is 2. The van der Waals surface area contributed by atoms with Crippen LogP contribution in [0.2, 0.25) is 10.0 Å². The van der Waals surface area contributed by atoms with Gasteiger partial charge in [0, 0.05) is 25.2 Å². The molecular formula is C30H36Cl2N4O4S. The maximum Gasteiger partial charge on any atom is 0.266 e. The third-order valence-corrected chi connectivity index (χ3v) is 11.1. The number of para-hydroxylation sites is 1. The van der Waals surface area contributed by atoms with Crippen molar-refractivity contribution < 1.29 is 18.0 Å². The molecule has 2 fully saturated rings. The molecule has 1 atom stereocenters. The maximum absolute atomic E-state index is 14.2. The van der Waals surface area contributed by atoms with E-state index in [2.05, 4.69) is 10.6 Å². The number of carbonyl (C=O) groups is 2. The summed E-state index contributed by atoms with van der Waals surface area (Å²) < 4.78 is 29.6. The third-order valence-electron chi connectivity index (χ3n) is 8.50. The first kappa shape index (κ1) is 29.9. The number of rotatable bonds is 1. The van der Waals surface area contributed by atoms with Crippen LogP contribution in [0.1, 0.15) is 48.9 Å². The molecule has 3 aliphatic rings. The van der Waals surface area contributed by atoms with Gasteiger partial charge in [-0.05, 0) is 87.9 Å². The highest BCUT2D eigenvalue weighted by molar-refractivity contribution is 7.93. The van der Waals surface area contributed by atoms with E-state index in [4.69, 9.17) is 23.2 Å². The predicted octanol–water partition coefficient (Wildman–Crippen LogP) is 4.88. The molecule has 5 rings (SSSR count). The molecule has 2 aromatic carbocycles. The molecule has 2 aromatic rings. The lowest BCUT2D eigenvalue weighted by atomic mass is 9.75. The van der Waals surface area contributed by atoms with Crippen LogP contribution in [-0.4, -0.2) is 64.4 Å². The van der Waals surface area contributed by atoms with Gasteiger partial charge in [-0.2, -0.15) is 0 Å². The summed E-state index contributed by atoms with van der Waals surface area (Å²) in [6.07, 6.45) is 8.17. The lowest BCUT2D eigenvalue weighted by Crippen LogP contribution is -2.48. The largest absolute Gasteiger partial charge is 0.356 e. The third kappa shape index (κ3) is 6.43. The Hall–Kier alpha value is -2.59. The molecular weight excluding hydrogens is 583 g/mol. The minimum absolute atomic E-state index is 0.0235. The molecule has 2 N–H and O–H groups in total. The van der Waals surface area contributed by atoms with Gasteiger partial charge in [0.25, 0.3) is 15.9 Å². The molecule has 4 bridgehead atoms. The van der Waals surface area contributed by atoms with Crippen LogP contribution in [0.5, 0.6) is 0 Å². The second kappa shape index (κ2) is 12.7. The van der Waals surface area contributed by atoms with Crippen LogP contribution < -0.4 is 14.9 Å². The number of nitrogens with zero attached hydrogens (tertiary/aromatic N) is 2. The summed E-state index contributed by atoms with van der Waals surface area (Å²) in [5.41, 5.74) is 0.00720. The summed E-state index contributed by atoms with van der Waals surface area (Å²) in [5, 5.41) is 6.82. The van der Waals surface area contributed by atoms with E-state index in [-0.39, 0.29) is 44.8 Å². The highest BCUT2D eigenvalue weighted by atomic mass is 35.5.